The number of carbonyl (C=O) groups is 1. The summed E-state index contributed by atoms with van der Waals surface area (Å²) in [4.78, 5) is 20.7. The van der Waals surface area contributed by atoms with Gasteiger partial charge in [-0.2, -0.15) is 0 Å². The predicted molar refractivity (Wildman–Crippen MR) is 83.1 cm³/mol. The number of nitrogens with one attached hydrogen (secondary N) is 1. The Bertz CT molecular complexity index is 275. The monoisotopic (exact) mass is 285 g/mol. The summed E-state index contributed by atoms with van der Waals surface area (Å²) in [6.45, 7) is 7.59. The quantitative estimate of drug-likeness (QED) is 0.659. The molecule has 0 aromatic heterocycles. The first kappa shape index (κ1) is 17.2. The number of likely N-dealkylation sites (N-methyl/N-ethyl adjacent to an activating group) is 1. The van der Waals surface area contributed by atoms with E-state index in [1.807, 2.05) is 4.90 Å². The Balaban J connectivity index is 2.12. The van der Waals surface area contributed by atoms with Crippen molar-refractivity contribution in [1.29, 1.82) is 0 Å². The SMILES string of the molecule is CN(C)CCCNC(=O)N1CCN(CCN(C)C)CC1. The highest BCUT2D eigenvalue weighted by molar-refractivity contribution is 5.74. The molecule has 118 valence electrons. The first-order valence-electron chi connectivity index (χ1n) is 7.53. The fraction of sp³-hybridized carbons (Fsp3) is 0.929. The number of nitrogens with zero attached hydrogens (tertiary/aromatic N) is 4. The van der Waals surface area contributed by atoms with E-state index in [0.29, 0.717) is 0 Å². The van der Waals surface area contributed by atoms with Crippen molar-refractivity contribution >= 4 is 6.03 Å². The van der Waals surface area contributed by atoms with Gasteiger partial charge in [-0.15, -0.1) is 0 Å². The minimum Gasteiger partial charge on any atom is -0.338 e. The van der Waals surface area contributed by atoms with Crippen LogP contribution >= 0.6 is 0 Å². The van der Waals surface area contributed by atoms with Gasteiger partial charge in [-0.25, -0.2) is 4.79 Å². The van der Waals surface area contributed by atoms with Crippen molar-refractivity contribution in [1.82, 2.24) is 24.9 Å². The zero-order chi connectivity index (χ0) is 15.0. The lowest BCUT2D eigenvalue weighted by Crippen LogP contribution is -2.52. The summed E-state index contributed by atoms with van der Waals surface area (Å²) in [5, 5.41) is 3.01. The van der Waals surface area contributed by atoms with Crippen molar-refractivity contribution in [3.05, 3.63) is 0 Å². The molecule has 0 aromatic carbocycles. The molecular weight excluding hydrogens is 254 g/mol. The summed E-state index contributed by atoms with van der Waals surface area (Å²) in [6.07, 6.45) is 1.00. The molecule has 1 N–H and O–H groups in total. The molecule has 20 heavy (non-hydrogen) atoms. The molecule has 0 spiro atoms. The second-order valence-corrected chi connectivity index (χ2v) is 6.02. The summed E-state index contributed by atoms with van der Waals surface area (Å²) in [5.41, 5.74) is 0. The minimum atomic E-state index is 0.0935. The van der Waals surface area contributed by atoms with Crippen LogP contribution in [0.4, 0.5) is 4.79 Å². The number of piperazine rings is 1. The van der Waals surface area contributed by atoms with Crippen LogP contribution in [0.5, 0.6) is 0 Å². The Labute approximate surface area is 123 Å². The Kier molecular flexibility index (Phi) is 7.87. The van der Waals surface area contributed by atoms with Crippen LogP contribution in [0.2, 0.25) is 0 Å². The second kappa shape index (κ2) is 9.15. The molecule has 1 aliphatic rings. The van der Waals surface area contributed by atoms with Crippen molar-refractivity contribution in [3.8, 4) is 0 Å². The maximum atomic E-state index is 12.0. The lowest BCUT2D eigenvalue weighted by Gasteiger charge is -2.35. The van der Waals surface area contributed by atoms with Crippen molar-refractivity contribution in [2.45, 2.75) is 6.42 Å². The van der Waals surface area contributed by atoms with E-state index in [1.54, 1.807) is 0 Å². The van der Waals surface area contributed by atoms with Crippen LogP contribution < -0.4 is 5.32 Å². The maximum absolute atomic E-state index is 12.0. The average molecular weight is 285 g/mol. The molecule has 0 unspecified atom stereocenters. The van der Waals surface area contributed by atoms with Crippen molar-refractivity contribution < 1.29 is 4.79 Å². The van der Waals surface area contributed by atoms with Gasteiger partial charge < -0.3 is 20.0 Å². The van der Waals surface area contributed by atoms with E-state index in [9.17, 15) is 4.79 Å². The van der Waals surface area contributed by atoms with Gasteiger partial charge >= 0.3 is 6.03 Å². The first-order chi connectivity index (χ1) is 9.49. The van der Waals surface area contributed by atoms with E-state index in [4.69, 9.17) is 0 Å². The van der Waals surface area contributed by atoms with Gasteiger partial charge in [-0.3, -0.25) is 4.90 Å². The molecule has 0 atom stereocenters. The Morgan fingerprint density at radius 1 is 1.00 bits per heavy atom. The number of amides is 2. The van der Waals surface area contributed by atoms with Gasteiger partial charge in [-0.1, -0.05) is 0 Å². The van der Waals surface area contributed by atoms with Crippen LogP contribution in [0.1, 0.15) is 6.42 Å². The normalized spacial score (nSPS) is 17.0. The fourth-order valence-corrected chi connectivity index (χ4v) is 2.22. The van der Waals surface area contributed by atoms with Gasteiger partial charge in [0.15, 0.2) is 0 Å². The van der Waals surface area contributed by atoms with Crippen molar-refractivity contribution in [2.75, 3.05) is 80.5 Å². The highest BCUT2D eigenvalue weighted by Gasteiger charge is 2.20. The van der Waals surface area contributed by atoms with E-state index in [-0.39, 0.29) is 6.03 Å². The number of urea groups is 1. The van der Waals surface area contributed by atoms with Crippen molar-refractivity contribution in [3.63, 3.8) is 0 Å². The summed E-state index contributed by atoms with van der Waals surface area (Å²) < 4.78 is 0. The molecule has 1 saturated heterocycles. The fourth-order valence-electron chi connectivity index (χ4n) is 2.22. The van der Waals surface area contributed by atoms with Gasteiger partial charge in [0.25, 0.3) is 0 Å². The molecule has 6 nitrogen and oxygen atoms in total. The van der Waals surface area contributed by atoms with Gasteiger partial charge in [0.1, 0.15) is 0 Å². The summed E-state index contributed by atoms with van der Waals surface area (Å²) >= 11 is 0. The zero-order valence-corrected chi connectivity index (χ0v) is 13.6. The molecule has 0 bridgehead atoms. The van der Waals surface area contributed by atoms with E-state index in [0.717, 1.165) is 58.8 Å². The molecule has 0 saturated carbocycles. The average Bonchev–Trinajstić information content (AvgIpc) is 2.41. The topological polar surface area (TPSA) is 42.1 Å². The van der Waals surface area contributed by atoms with Crippen LogP contribution in [0.3, 0.4) is 0 Å². The number of rotatable bonds is 7. The molecule has 1 fully saturated rings. The predicted octanol–water partition coefficient (Wildman–Crippen LogP) is -0.173. The Morgan fingerprint density at radius 3 is 2.15 bits per heavy atom. The van der Waals surface area contributed by atoms with Crippen LogP contribution in [0.15, 0.2) is 0 Å². The second-order valence-electron chi connectivity index (χ2n) is 6.02. The van der Waals surface area contributed by atoms with E-state index in [1.165, 1.54) is 0 Å². The maximum Gasteiger partial charge on any atom is 0.317 e. The lowest BCUT2D eigenvalue weighted by molar-refractivity contribution is 0.133. The summed E-state index contributed by atoms with van der Waals surface area (Å²) in [5.74, 6) is 0. The van der Waals surface area contributed by atoms with Crippen LogP contribution in [0, 0.1) is 0 Å². The third-order valence-electron chi connectivity index (χ3n) is 3.58. The smallest absolute Gasteiger partial charge is 0.317 e. The first-order valence-corrected chi connectivity index (χ1v) is 7.53. The van der Waals surface area contributed by atoms with E-state index >= 15 is 0 Å². The lowest BCUT2D eigenvalue weighted by atomic mass is 10.3. The summed E-state index contributed by atoms with van der Waals surface area (Å²) in [6, 6.07) is 0.0935. The van der Waals surface area contributed by atoms with Gasteiger partial charge in [0.05, 0.1) is 0 Å². The minimum absolute atomic E-state index is 0.0935. The number of carbonyl (C=O) groups excluding carboxylic acids is 1. The molecule has 1 aliphatic heterocycles. The highest BCUT2D eigenvalue weighted by Crippen LogP contribution is 2.02. The van der Waals surface area contributed by atoms with Crippen LogP contribution in [-0.2, 0) is 0 Å². The van der Waals surface area contributed by atoms with Crippen LogP contribution in [0.25, 0.3) is 0 Å². The standard InChI is InChI=1S/C14H31N5O/c1-16(2)7-5-6-15-14(20)19-12-10-18(11-13-19)9-8-17(3)4/h5-13H2,1-4H3,(H,15,20). The number of hydrogen-bond acceptors (Lipinski definition) is 4. The van der Waals surface area contributed by atoms with Crippen LogP contribution in [-0.4, -0.2) is 106 Å². The molecule has 1 rings (SSSR count). The van der Waals surface area contributed by atoms with Gasteiger partial charge in [-0.05, 0) is 41.2 Å². The van der Waals surface area contributed by atoms with Crippen molar-refractivity contribution in [2.24, 2.45) is 0 Å². The molecular formula is C14H31N5O. The number of hydrogen-bond donors (Lipinski definition) is 1. The van der Waals surface area contributed by atoms with Gasteiger partial charge in [0.2, 0.25) is 0 Å². The molecule has 0 aromatic rings. The zero-order valence-electron chi connectivity index (χ0n) is 13.6. The largest absolute Gasteiger partial charge is 0.338 e. The Hall–Kier alpha value is -0.850. The molecule has 6 heteroatoms. The highest BCUT2D eigenvalue weighted by atomic mass is 16.2. The Morgan fingerprint density at radius 2 is 1.60 bits per heavy atom. The summed E-state index contributed by atoms with van der Waals surface area (Å²) in [7, 11) is 8.29. The third-order valence-corrected chi connectivity index (χ3v) is 3.58. The molecule has 0 aliphatic carbocycles. The van der Waals surface area contributed by atoms with E-state index in [2.05, 4.69) is 48.2 Å². The molecule has 0 radical (unpaired) electrons. The molecule has 2 amide bonds. The molecule has 1 heterocycles. The third kappa shape index (κ3) is 7.07. The van der Waals surface area contributed by atoms with Gasteiger partial charge in [0, 0.05) is 45.8 Å². The van der Waals surface area contributed by atoms with E-state index < -0.39 is 0 Å².